The lowest BCUT2D eigenvalue weighted by Gasteiger charge is -2.01. The zero-order chi connectivity index (χ0) is 13.0. The van der Waals surface area contributed by atoms with E-state index in [1.54, 1.807) is 6.92 Å². The molecule has 0 bridgehead atoms. The van der Waals surface area contributed by atoms with E-state index in [9.17, 15) is 4.79 Å². The highest BCUT2D eigenvalue weighted by atomic mass is 32.2. The van der Waals surface area contributed by atoms with Gasteiger partial charge in [0, 0.05) is 5.69 Å². The van der Waals surface area contributed by atoms with Crippen molar-refractivity contribution in [2.45, 2.75) is 18.2 Å². The molecule has 0 amide bonds. The fourth-order valence-electron chi connectivity index (χ4n) is 1.24. The van der Waals surface area contributed by atoms with Gasteiger partial charge in [0.1, 0.15) is 5.78 Å². The van der Waals surface area contributed by atoms with Gasteiger partial charge in [-0.25, -0.2) is 0 Å². The summed E-state index contributed by atoms with van der Waals surface area (Å²) in [5.41, 5.74) is 2.20. The smallest absolute Gasteiger partial charge is 0.210 e. The average molecular weight is 279 g/mol. The Labute approximate surface area is 114 Å². The van der Waals surface area contributed by atoms with Crippen LogP contribution in [0.4, 0.5) is 10.8 Å². The van der Waals surface area contributed by atoms with Crippen LogP contribution in [0.5, 0.6) is 0 Å². The minimum absolute atomic E-state index is 0.142. The Balaban J connectivity index is 1.97. The maximum Gasteiger partial charge on any atom is 0.210 e. The number of Topliss-reactive ketones (excluding diaryl/α,β-unsaturated/α-hetero) is 1. The van der Waals surface area contributed by atoms with Gasteiger partial charge in [-0.1, -0.05) is 40.8 Å². The second kappa shape index (κ2) is 5.97. The number of benzene rings is 1. The van der Waals surface area contributed by atoms with E-state index in [-0.39, 0.29) is 5.78 Å². The first-order chi connectivity index (χ1) is 8.63. The van der Waals surface area contributed by atoms with Gasteiger partial charge in [-0.05, 0) is 26.0 Å². The molecule has 0 atom stereocenters. The minimum Gasteiger partial charge on any atom is -0.330 e. The molecule has 2 rings (SSSR count). The second-order valence-electron chi connectivity index (χ2n) is 3.85. The monoisotopic (exact) mass is 279 g/mol. The van der Waals surface area contributed by atoms with Crippen LogP contribution in [0.3, 0.4) is 0 Å². The molecule has 0 aliphatic rings. The lowest BCUT2D eigenvalue weighted by atomic mass is 10.2. The SMILES string of the molecule is CC(=O)CSc1nnc(Nc2ccc(C)cc2)s1. The van der Waals surface area contributed by atoms with E-state index in [0.29, 0.717) is 5.75 Å². The molecule has 0 radical (unpaired) electrons. The summed E-state index contributed by atoms with van der Waals surface area (Å²) in [6.45, 7) is 3.62. The quantitative estimate of drug-likeness (QED) is 0.851. The van der Waals surface area contributed by atoms with E-state index in [1.807, 2.05) is 31.2 Å². The van der Waals surface area contributed by atoms with Crippen molar-refractivity contribution in [3.8, 4) is 0 Å². The molecule has 0 aliphatic carbocycles. The third kappa shape index (κ3) is 3.82. The molecule has 94 valence electrons. The molecule has 6 heteroatoms. The highest BCUT2D eigenvalue weighted by molar-refractivity contribution is 8.01. The number of carbonyl (C=O) groups excluding carboxylic acids is 1. The summed E-state index contributed by atoms with van der Waals surface area (Å²) in [7, 11) is 0. The Morgan fingerprint density at radius 3 is 2.72 bits per heavy atom. The van der Waals surface area contributed by atoms with Gasteiger partial charge < -0.3 is 5.32 Å². The summed E-state index contributed by atoms with van der Waals surface area (Å²) in [5, 5.41) is 12.0. The summed E-state index contributed by atoms with van der Waals surface area (Å²) in [4.78, 5) is 10.9. The number of anilines is 2. The van der Waals surface area contributed by atoms with Crippen LogP contribution in [0.2, 0.25) is 0 Å². The summed E-state index contributed by atoms with van der Waals surface area (Å²) in [6.07, 6.45) is 0. The average Bonchev–Trinajstić information content (AvgIpc) is 2.77. The number of rotatable bonds is 5. The van der Waals surface area contributed by atoms with Gasteiger partial charge in [0.2, 0.25) is 5.13 Å². The van der Waals surface area contributed by atoms with Gasteiger partial charge >= 0.3 is 0 Å². The van der Waals surface area contributed by atoms with Crippen LogP contribution in [-0.4, -0.2) is 21.7 Å². The molecule has 0 aliphatic heterocycles. The third-order valence-corrected chi connectivity index (χ3v) is 4.22. The highest BCUT2D eigenvalue weighted by Crippen LogP contribution is 2.27. The van der Waals surface area contributed by atoms with E-state index >= 15 is 0 Å². The van der Waals surface area contributed by atoms with Crippen molar-refractivity contribution in [2.24, 2.45) is 0 Å². The molecule has 0 spiro atoms. The number of ketones is 1. The Hall–Kier alpha value is -1.40. The molecule has 1 aromatic carbocycles. The first-order valence-corrected chi connectivity index (χ1v) is 7.23. The Bertz CT molecular complexity index is 537. The molecule has 4 nitrogen and oxygen atoms in total. The molecular formula is C12H13N3OS2. The van der Waals surface area contributed by atoms with Crippen LogP contribution in [0.15, 0.2) is 28.6 Å². The number of nitrogens with zero attached hydrogens (tertiary/aromatic N) is 2. The molecular weight excluding hydrogens is 266 g/mol. The first-order valence-electron chi connectivity index (χ1n) is 5.43. The van der Waals surface area contributed by atoms with Gasteiger partial charge in [0.15, 0.2) is 4.34 Å². The number of aromatic nitrogens is 2. The molecule has 0 unspecified atom stereocenters. The maximum absolute atomic E-state index is 10.9. The van der Waals surface area contributed by atoms with Crippen LogP contribution in [0, 0.1) is 6.92 Å². The fourth-order valence-corrected chi connectivity index (χ4v) is 2.81. The van der Waals surface area contributed by atoms with Crippen LogP contribution in [0.25, 0.3) is 0 Å². The summed E-state index contributed by atoms with van der Waals surface area (Å²) >= 11 is 2.87. The Kier molecular flexibility index (Phi) is 4.33. The topological polar surface area (TPSA) is 54.9 Å². The van der Waals surface area contributed by atoms with Gasteiger partial charge in [0.25, 0.3) is 0 Å². The first kappa shape index (κ1) is 13.0. The zero-order valence-electron chi connectivity index (χ0n) is 10.1. The Morgan fingerprint density at radius 2 is 2.06 bits per heavy atom. The Morgan fingerprint density at radius 1 is 1.33 bits per heavy atom. The third-order valence-electron chi connectivity index (χ3n) is 2.11. The van der Waals surface area contributed by atoms with Gasteiger partial charge in [-0.15, -0.1) is 10.2 Å². The van der Waals surface area contributed by atoms with Crippen LogP contribution in [0.1, 0.15) is 12.5 Å². The lowest BCUT2D eigenvalue weighted by Crippen LogP contribution is -1.92. The van der Waals surface area contributed by atoms with Gasteiger partial charge in [0.05, 0.1) is 5.75 Å². The molecule has 0 saturated heterocycles. The fraction of sp³-hybridized carbons (Fsp3) is 0.250. The normalized spacial score (nSPS) is 10.3. The van der Waals surface area contributed by atoms with Crippen molar-refractivity contribution in [3.05, 3.63) is 29.8 Å². The molecule has 1 aromatic heterocycles. The number of aryl methyl sites for hydroxylation is 1. The van der Waals surface area contributed by atoms with Crippen molar-refractivity contribution in [1.82, 2.24) is 10.2 Å². The van der Waals surface area contributed by atoms with E-state index < -0.39 is 0 Å². The van der Waals surface area contributed by atoms with Gasteiger partial charge in [-0.2, -0.15) is 0 Å². The molecule has 1 heterocycles. The van der Waals surface area contributed by atoms with Crippen molar-refractivity contribution >= 4 is 39.7 Å². The molecule has 1 N–H and O–H groups in total. The number of hydrogen-bond acceptors (Lipinski definition) is 6. The number of nitrogens with one attached hydrogen (secondary N) is 1. The number of hydrogen-bond donors (Lipinski definition) is 1. The van der Waals surface area contributed by atoms with E-state index in [0.717, 1.165) is 15.2 Å². The summed E-state index contributed by atoms with van der Waals surface area (Å²) in [6, 6.07) is 8.07. The van der Waals surface area contributed by atoms with Crippen molar-refractivity contribution in [1.29, 1.82) is 0 Å². The molecule has 0 saturated carbocycles. The maximum atomic E-state index is 10.9. The predicted octanol–water partition coefficient (Wildman–Crippen LogP) is 3.27. The van der Waals surface area contributed by atoms with Gasteiger partial charge in [-0.3, -0.25) is 4.79 Å². The lowest BCUT2D eigenvalue weighted by molar-refractivity contribution is -0.114. The largest absolute Gasteiger partial charge is 0.330 e. The number of thioether (sulfide) groups is 1. The molecule has 0 fully saturated rings. The summed E-state index contributed by atoms with van der Waals surface area (Å²) in [5.74, 6) is 0.586. The van der Waals surface area contributed by atoms with Crippen LogP contribution < -0.4 is 5.32 Å². The minimum atomic E-state index is 0.142. The predicted molar refractivity (Wildman–Crippen MR) is 75.8 cm³/mol. The second-order valence-corrected chi connectivity index (χ2v) is 6.05. The molecule has 2 aromatic rings. The van der Waals surface area contributed by atoms with E-state index in [1.165, 1.54) is 28.7 Å². The van der Waals surface area contributed by atoms with Crippen molar-refractivity contribution in [3.63, 3.8) is 0 Å². The van der Waals surface area contributed by atoms with Crippen LogP contribution in [-0.2, 0) is 4.79 Å². The number of carbonyl (C=O) groups is 1. The van der Waals surface area contributed by atoms with Crippen molar-refractivity contribution < 1.29 is 4.79 Å². The van der Waals surface area contributed by atoms with E-state index in [4.69, 9.17) is 0 Å². The van der Waals surface area contributed by atoms with Crippen LogP contribution >= 0.6 is 23.1 Å². The zero-order valence-corrected chi connectivity index (χ0v) is 11.8. The van der Waals surface area contributed by atoms with Crippen molar-refractivity contribution in [2.75, 3.05) is 11.1 Å². The summed E-state index contributed by atoms with van der Waals surface area (Å²) < 4.78 is 0.805. The molecule has 18 heavy (non-hydrogen) atoms. The highest BCUT2D eigenvalue weighted by Gasteiger charge is 2.06. The van der Waals surface area contributed by atoms with E-state index in [2.05, 4.69) is 15.5 Å². The standard InChI is InChI=1S/C12H13N3OS2/c1-8-3-5-10(6-4-8)13-11-14-15-12(18-11)17-7-9(2)16/h3-6H,7H2,1-2H3,(H,13,14).